The van der Waals surface area contributed by atoms with E-state index in [9.17, 15) is 0 Å². The predicted octanol–water partition coefficient (Wildman–Crippen LogP) is 2.75. The van der Waals surface area contributed by atoms with Crippen LogP contribution < -0.4 is 5.32 Å². The molecule has 0 saturated heterocycles. The summed E-state index contributed by atoms with van der Waals surface area (Å²) in [5, 5.41) is 16.0. The first-order valence-corrected chi connectivity index (χ1v) is 8.00. The van der Waals surface area contributed by atoms with Gasteiger partial charge in [-0.2, -0.15) is 0 Å². The molecular formula is C17H19N7. The molecule has 1 N–H and O–H groups in total. The summed E-state index contributed by atoms with van der Waals surface area (Å²) in [7, 11) is 1.90. The molecule has 0 fully saturated rings. The molecule has 0 saturated carbocycles. The van der Waals surface area contributed by atoms with Crippen LogP contribution in [0.15, 0.2) is 36.7 Å². The number of hydrogen-bond donors (Lipinski definition) is 1. The van der Waals surface area contributed by atoms with E-state index in [1.54, 1.807) is 4.68 Å². The van der Waals surface area contributed by atoms with E-state index in [2.05, 4.69) is 57.8 Å². The molecule has 0 radical (unpaired) electrons. The maximum Gasteiger partial charge on any atom is 0.241 e. The normalized spacial score (nSPS) is 11.7. The van der Waals surface area contributed by atoms with E-state index in [1.807, 2.05) is 30.0 Å². The van der Waals surface area contributed by atoms with Gasteiger partial charge in [0.2, 0.25) is 5.95 Å². The van der Waals surface area contributed by atoms with Gasteiger partial charge in [-0.15, -0.1) is 10.2 Å². The van der Waals surface area contributed by atoms with Gasteiger partial charge in [-0.1, -0.05) is 25.1 Å². The summed E-state index contributed by atoms with van der Waals surface area (Å²) in [6.07, 6.45) is 3.81. The van der Waals surface area contributed by atoms with Crippen LogP contribution in [-0.2, 0) is 7.05 Å². The second-order valence-electron chi connectivity index (χ2n) is 6.33. The van der Waals surface area contributed by atoms with Crippen LogP contribution in [0.25, 0.3) is 27.7 Å². The average molecular weight is 321 g/mol. The van der Waals surface area contributed by atoms with Crippen LogP contribution in [0.2, 0.25) is 0 Å². The minimum Gasteiger partial charge on any atom is -0.353 e. The monoisotopic (exact) mass is 321 g/mol. The summed E-state index contributed by atoms with van der Waals surface area (Å²) < 4.78 is 3.64. The molecule has 0 aliphatic carbocycles. The van der Waals surface area contributed by atoms with E-state index in [1.165, 1.54) is 0 Å². The summed E-state index contributed by atoms with van der Waals surface area (Å²) in [6, 6.07) is 8.19. The van der Waals surface area contributed by atoms with Crippen molar-refractivity contribution in [3.63, 3.8) is 0 Å². The minimum atomic E-state index is 0.545. The minimum absolute atomic E-state index is 0.545. The first kappa shape index (κ1) is 14.6. The maximum atomic E-state index is 4.53. The second kappa shape index (κ2) is 5.59. The van der Waals surface area contributed by atoms with Crippen molar-refractivity contribution < 1.29 is 0 Å². The summed E-state index contributed by atoms with van der Waals surface area (Å²) >= 11 is 0. The zero-order valence-electron chi connectivity index (χ0n) is 13.9. The molecule has 24 heavy (non-hydrogen) atoms. The van der Waals surface area contributed by atoms with Crippen LogP contribution in [0.1, 0.15) is 13.8 Å². The molecule has 0 atom stereocenters. The third-order valence-electron chi connectivity index (χ3n) is 4.01. The predicted molar refractivity (Wildman–Crippen MR) is 93.8 cm³/mol. The van der Waals surface area contributed by atoms with E-state index in [-0.39, 0.29) is 0 Å². The zero-order valence-corrected chi connectivity index (χ0v) is 13.9. The van der Waals surface area contributed by atoms with Gasteiger partial charge in [0.25, 0.3) is 0 Å². The Hall–Kier alpha value is -2.96. The number of benzene rings is 1. The number of hydrogen-bond acceptors (Lipinski definition) is 5. The van der Waals surface area contributed by atoms with Crippen molar-refractivity contribution in [1.82, 2.24) is 29.6 Å². The number of anilines is 1. The standard InChI is InChI=1S/C17H19N7/c1-11(2)9-18-17-19-10-16-13(6-7-24(16)21-17)12-4-5-14-15(8-12)23(3)22-20-14/h4-8,10-11H,9H2,1-3H3,(H,18,21). The van der Waals surface area contributed by atoms with E-state index in [4.69, 9.17) is 0 Å². The average Bonchev–Trinajstić information content (AvgIpc) is 3.16. The zero-order chi connectivity index (χ0) is 16.7. The van der Waals surface area contributed by atoms with Crippen molar-refractivity contribution in [3.8, 4) is 11.1 Å². The fourth-order valence-corrected chi connectivity index (χ4v) is 2.72. The number of aryl methyl sites for hydroxylation is 1. The number of nitrogens with zero attached hydrogens (tertiary/aromatic N) is 6. The molecule has 1 aromatic carbocycles. The smallest absolute Gasteiger partial charge is 0.241 e. The molecule has 7 heteroatoms. The molecule has 3 heterocycles. The molecule has 122 valence electrons. The fraction of sp³-hybridized carbons (Fsp3) is 0.294. The highest BCUT2D eigenvalue weighted by atomic mass is 15.4. The van der Waals surface area contributed by atoms with Gasteiger partial charge in [-0.25, -0.2) is 14.2 Å². The van der Waals surface area contributed by atoms with E-state index >= 15 is 0 Å². The Balaban J connectivity index is 1.74. The fourth-order valence-electron chi connectivity index (χ4n) is 2.72. The third kappa shape index (κ3) is 2.47. The molecule has 7 nitrogen and oxygen atoms in total. The lowest BCUT2D eigenvalue weighted by atomic mass is 10.1. The van der Waals surface area contributed by atoms with Crippen molar-refractivity contribution in [1.29, 1.82) is 0 Å². The summed E-state index contributed by atoms with van der Waals surface area (Å²) in [6.45, 7) is 5.16. The number of nitrogens with one attached hydrogen (secondary N) is 1. The lowest BCUT2D eigenvalue weighted by Crippen LogP contribution is -2.11. The van der Waals surface area contributed by atoms with E-state index < -0.39 is 0 Å². The molecule has 0 aliphatic rings. The Kier molecular flexibility index (Phi) is 3.41. The molecule has 0 amide bonds. The first-order chi connectivity index (χ1) is 11.6. The molecule has 3 aromatic heterocycles. The van der Waals surface area contributed by atoms with E-state index in [0.29, 0.717) is 11.9 Å². The van der Waals surface area contributed by atoms with Crippen LogP contribution in [0, 0.1) is 5.92 Å². The molecule has 0 spiro atoms. The van der Waals surface area contributed by atoms with Gasteiger partial charge in [-0.05, 0) is 29.7 Å². The van der Waals surface area contributed by atoms with Gasteiger partial charge in [0, 0.05) is 25.4 Å². The van der Waals surface area contributed by atoms with Crippen molar-refractivity contribution >= 4 is 22.5 Å². The Morgan fingerprint density at radius 1 is 1.17 bits per heavy atom. The molecule has 4 rings (SSSR count). The SMILES string of the molecule is CC(C)CNc1ncc2c(-c3ccc4nnn(C)c4c3)ccn2n1. The quantitative estimate of drug-likeness (QED) is 0.626. The maximum absolute atomic E-state index is 4.53. The molecule has 0 aliphatic heterocycles. The Bertz CT molecular complexity index is 1010. The summed E-state index contributed by atoms with van der Waals surface area (Å²) in [4.78, 5) is 4.43. The molecule has 0 unspecified atom stereocenters. The Morgan fingerprint density at radius 2 is 2.04 bits per heavy atom. The number of fused-ring (bicyclic) bond motifs is 2. The Morgan fingerprint density at radius 3 is 2.88 bits per heavy atom. The van der Waals surface area contributed by atoms with Gasteiger partial charge < -0.3 is 5.32 Å². The van der Waals surface area contributed by atoms with Crippen LogP contribution in [0.3, 0.4) is 0 Å². The largest absolute Gasteiger partial charge is 0.353 e. The van der Waals surface area contributed by atoms with Gasteiger partial charge in [0.1, 0.15) is 5.52 Å². The van der Waals surface area contributed by atoms with Crippen molar-refractivity contribution in [3.05, 3.63) is 36.7 Å². The highest BCUT2D eigenvalue weighted by Gasteiger charge is 2.10. The van der Waals surface area contributed by atoms with E-state index in [0.717, 1.165) is 34.2 Å². The topological polar surface area (TPSA) is 72.9 Å². The lowest BCUT2D eigenvalue weighted by Gasteiger charge is -2.07. The lowest BCUT2D eigenvalue weighted by molar-refractivity contribution is 0.681. The van der Waals surface area contributed by atoms with Crippen molar-refractivity contribution in [2.75, 3.05) is 11.9 Å². The highest BCUT2D eigenvalue weighted by Crippen LogP contribution is 2.27. The summed E-state index contributed by atoms with van der Waals surface area (Å²) in [5.41, 5.74) is 5.05. The Labute approximate surface area is 139 Å². The first-order valence-electron chi connectivity index (χ1n) is 8.00. The van der Waals surface area contributed by atoms with Crippen molar-refractivity contribution in [2.24, 2.45) is 13.0 Å². The second-order valence-corrected chi connectivity index (χ2v) is 6.33. The third-order valence-corrected chi connectivity index (χ3v) is 4.01. The highest BCUT2D eigenvalue weighted by molar-refractivity contribution is 5.87. The van der Waals surface area contributed by atoms with Crippen LogP contribution >= 0.6 is 0 Å². The molecular weight excluding hydrogens is 302 g/mol. The number of rotatable bonds is 4. The van der Waals surface area contributed by atoms with Crippen molar-refractivity contribution in [2.45, 2.75) is 13.8 Å². The van der Waals surface area contributed by atoms with Gasteiger partial charge in [0.05, 0.1) is 17.2 Å². The van der Waals surface area contributed by atoms with Gasteiger partial charge >= 0.3 is 0 Å². The summed E-state index contributed by atoms with van der Waals surface area (Å²) in [5.74, 6) is 1.19. The van der Waals surface area contributed by atoms with Gasteiger partial charge in [-0.3, -0.25) is 0 Å². The van der Waals surface area contributed by atoms with Gasteiger partial charge in [0.15, 0.2) is 0 Å². The number of aromatic nitrogens is 6. The molecule has 0 bridgehead atoms. The molecule has 4 aromatic rings. The van der Waals surface area contributed by atoms with Crippen LogP contribution in [-0.4, -0.2) is 36.1 Å². The van der Waals surface area contributed by atoms with Crippen LogP contribution in [0.5, 0.6) is 0 Å². The van der Waals surface area contributed by atoms with Crippen LogP contribution in [0.4, 0.5) is 5.95 Å².